The molecule has 0 bridgehead atoms. The van der Waals surface area contributed by atoms with Crippen molar-refractivity contribution in [3.05, 3.63) is 65.2 Å². The highest BCUT2D eigenvalue weighted by atomic mass is 19.3. The van der Waals surface area contributed by atoms with E-state index < -0.39 is 6.61 Å². The van der Waals surface area contributed by atoms with Crippen LogP contribution in [-0.4, -0.2) is 19.6 Å². The molecule has 0 aromatic heterocycles. The van der Waals surface area contributed by atoms with Crippen LogP contribution >= 0.6 is 0 Å². The van der Waals surface area contributed by atoms with Gasteiger partial charge in [-0.25, -0.2) is 0 Å². The fraction of sp³-hybridized carbons (Fsp3) is 0.211. The standard InChI is InChI=1S/C19H19F2NO3/c1-13-3-9-17(24-2)15(11-13)6-10-18(23)22-12-14-4-7-16(8-5-14)25-19(20)21/h3-11,19H,12H2,1-2H3,(H,22,23)/b10-6+. The second-order valence-corrected chi connectivity index (χ2v) is 5.32. The third-order valence-electron chi connectivity index (χ3n) is 3.41. The molecule has 132 valence electrons. The third kappa shape index (κ3) is 5.91. The molecule has 0 radical (unpaired) electrons. The molecule has 0 spiro atoms. The summed E-state index contributed by atoms with van der Waals surface area (Å²) in [6.45, 7) is -0.615. The summed E-state index contributed by atoms with van der Waals surface area (Å²) in [4.78, 5) is 11.9. The first-order chi connectivity index (χ1) is 12.0. The van der Waals surface area contributed by atoms with Crippen molar-refractivity contribution in [2.45, 2.75) is 20.1 Å². The number of amides is 1. The third-order valence-corrected chi connectivity index (χ3v) is 3.41. The van der Waals surface area contributed by atoms with Crippen LogP contribution in [0.25, 0.3) is 6.08 Å². The van der Waals surface area contributed by atoms with Crippen LogP contribution in [0.15, 0.2) is 48.5 Å². The maximum Gasteiger partial charge on any atom is 0.387 e. The molecule has 1 amide bonds. The maximum atomic E-state index is 12.1. The Hall–Kier alpha value is -2.89. The van der Waals surface area contributed by atoms with E-state index in [9.17, 15) is 13.6 Å². The molecule has 0 aliphatic carbocycles. The summed E-state index contributed by atoms with van der Waals surface area (Å²) in [7, 11) is 1.57. The van der Waals surface area contributed by atoms with Crippen LogP contribution in [0.5, 0.6) is 11.5 Å². The maximum absolute atomic E-state index is 12.1. The number of ether oxygens (including phenoxy) is 2. The van der Waals surface area contributed by atoms with Crippen molar-refractivity contribution in [1.29, 1.82) is 0 Å². The zero-order chi connectivity index (χ0) is 18.2. The largest absolute Gasteiger partial charge is 0.496 e. The van der Waals surface area contributed by atoms with Crippen molar-refractivity contribution in [1.82, 2.24) is 5.32 Å². The highest BCUT2D eigenvalue weighted by molar-refractivity contribution is 5.92. The summed E-state index contributed by atoms with van der Waals surface area (Å²) in [6.07, 6.45) is 3.10. The molecule has 0 saturated carbocycles. The van der Waals surface area contributed by atoms with Gasteiger partial charge >= 0.3 is 6.61 Å². The van der Waals surface area contributed by atoms with Gasteiger partial charge in [-0.15, -0.1) is 0 Å². The number of hydrogen-bond acceptors (Lipinski definition) is 3. The monoisotopic (exact) mass is 347 g/mol. The molecule has 0 heterocycles. The van der Waals surface area contributed by atoms with Crippen molar-refractivity contribution in [2.24, 2.45) is 0 Å². The van der Waals surface area contributed by atoms with E-state index in [1.54, 1.807) is 25.3 Å². The van der Waals surface area contributed by atoms with E-state index in [2.05, 4.69) is 10.1 Å². The zero-order valence-corrected chi connectivity index (χ0v) is 14.0. The van der Waals surface area contributed by atoms with Gasteiger partial charge in [-0.05, 0) is 42.8 Å². The van der Waals surface area contributed by atoms with Crippen LogP contribution < -0.4 is 14.8 Å². The average molecular weight is 347 g/mol. The summed E-state index contributed by atoms with van der Waals surface area (Å²) in [5.41, 5.74) is 2.65. The van der Waals surface area contributed by atoms with E-state index >= 15 is 0 Å². The summed E-state index contributed by atoms with van der Waals surface area (Å²) in [5, 5.41) is 2.73. The van der Waals surface area contributed by atoms with E-state index in [0.29, 0.717) is 5.75 Å². The molecule has 25 heavy (non-hydrogen) atoms. The Morgan fingerprint density at radius 2 is 1.92 bits per heavy atom. The Labute approximate surface area is 145 Å². The van der Waals surface area contributed by atoms with E-state index in [-0.39, 0.29) is 18.2 Å². The van der Waals surface area contributed by atoms with Gasteiger partial charge in [0, 0.05) is 18.2 Å². The van der Waals surface area contributed by atoms with Crippen LogP contribution in [0.1, 0.15) is 16.7 Å². The van der Waals surface area contributed by atoms with Gasteiger partial charge in [0.1, 0.15) is 11.5 Å². The molecule has 0 fully saturated rings. The minimum absolute atomic E-state index is 0.0801. The summed E-state index contributed by atoms with van der Waals surface area (Å²) < 4.78 is 33.7. The second kappa shape index (κ2) is 8.82. The number of hydrogen-bond donors (Lipinski definition) is 1. The number of benzene rings is 2. The van der Waals surface area contributed by atoms with Gasteiger partial charge in [0.05, 0.1) is 7.11 Å². The second-order valence-electron chi connectivity index (χ2n) is 5.32. The lowest BCUT2D eigenvalue weighted by Crippen LogP contribution is -2.20. The first kappa shape index (κ1) is 18.4. The Kier molecular flexibility index (Phi) is 6.51. The molecular weight excluding hydrogens is 328 g/mol. The zero-order valence-electron chi connectivity index (χ0n) is 14.0. The normalized spacial score (nSPS) is 10.9. The van der Waals surface area contributed by atoms with Crippen molar-refractivity contribution in [3.8, 4) is 11.5 Å². The number of methoxy groups -OCH3 is 1. The van der Waals surface area contributed by atoms with Gasteiger partial charge in [-0.1, -0.05) is 23.8 Å². The molecule has 0 unspecified atom stereocenters. The number of nitrogens with one attached hydrogen (secondary N) is 1. The highest BCUT2D eigenvalue weighted by Crippen LogP contribution is 2.21. The SMILES string of the molecule is COc1ccc(C)cc1/C=C/C(=O)NCc1ccc(OC(F)F)cc1. The van der Waals surface area contributed by atoms with Gasteiger partial charge < -0.3 is 14.8 Å². The number of carbonyl (C=O) groups is 1. The molecule has 4 nitrogen and oxygen atoms in total. The number of rotatable bonds is 7. The molecular formula is C19H19F2NO3. The molecule has 0 atom stereocenters. The Morgan fingerprint density at radius 3 is 2.56 bits per heavy atom. The van der Waals surface area contributed by atoms with E-state index in [4.69, 9.17) is 4.74 Å². The minimum atomic E-state index is -2.85. The van der Waals surface area contributed by atoms with E-state index in [1.165, 1.54) is 18.2 Å². The van der Waals surface area contributed by atoms with Crippen molar-refractivity contribution >= 4 is 12.0 Å². The van der Waals surface area contributed by atoms with Crippen LogP contribution in [-0.2, 0) is 11.3 Å². The molecule has 2 aromatic carbocycles. The van der Waals surface area contributed by atoms with Gasteiger partial charge in [-0.2, -0.15) is 8.78 Å². The summed E-state index contributed by atoms with van der Waals surface area (Å²) in [6, 6.07) is 11.8. The topological polar surface area (TPSA) is 47.6 Å². The van der Waals surface area contributed by atoms with Gasteiger partial charge in [0.2, 0.25) is 5.91 Å². The van der Waals surface area contributed by atoms with Crippen LogP contribution in [0.4, 0.5) is 8.78 Å². The number of carbonyl (C=O) groups excluding carboxylic acids is 1. The number of alkyl halides is 2. The molecule has 1 N–H and O–H groups in total. The summed E-state index contributed by atoms with van der Waals surface area (Å²) in [5.74, 6) is 0.497. The number of halogens is 2. The molecule has 0 aliphatic rings. The van der Waals surface area contributed by atoms with Crippen LogP contribution in [0, 0.1) is 6.92 Å². The van der Waals surface area contributed by atoms with Crippen molar-refractivity contribution in [3.63, 3.8) is 0 Å². The Balaban J connectivity index is 1.91. The first-order valence-corrected chi connectivity index (χ1v) is 7.62. The molecule has 2 rings (SSSR count). The summed E-state index contributed by atoms with van der Waals surface area (Å²) >= 11 is 0. The van der Waals surface area contributed by atoms with Gasteiger partial charge in [-0.3, -0.25) is 4.79 Å². The molecule has 6 heteroatoms. The minimum Gasteiger partial charge on any atom is -0.496 e. The molecule has 0 aliphatic heterocycles. The molecule has 2 aromatic rings. The van der Waals surface area contributed by atoms with Crippen LogP contribution in [0.3, 0.4) is 0 Å². The average Bonchev–Trinajstić information content (AvgIpc) is 2.59. The fourth-order valence-corrected chi connectivity index (χ4v) is 2.19. The van der Waals surface area contributed by atoms with Gasteiger partial charge in [0.15, 0.2) is 0 Å². The van der Waals surface area contributed by atoms with E-state index in [0.717, 1.165) is 16.7 Å². The lowest BCUT2D eigenvalue weighted by Gasteiger charge is -2.07. The Bertz CT molecular complexity index is 743. The van der Waals surface area contributed by atoms with Gasteiger partial charge in [0.25, 0.3) is 0 Å². The highest BCUT2D eigenvalue weighted by Gasteiger charge is 2.04. The predicted octanol–water partition coefficient (Wildman–Crippen LogP) is 3.93. The quantitative estimate of drug-likeness (QED) is 0.772. The molecule has 0 saturated heterocycles. The predicted molar refractivity (Wildman–Crippen MR) is 91.7 cm³/mol. The van der Waals surface area contributed by atoms with Crippen molar-refractivity contribution in [2.75, 3.05) is 7.11 Å². The van der Waals surface area contributed by atoms with Crippen molar-refractivity contribution < 1.29 is 23.0 Å². The van der Waals surface area contributed by atoms with Crippen LogP contribution in [0.2, 0.25) is 0 Å². The lowest BCUT2D eigenvalue weighted by atomic mass is 10.1. The lowest BCUT2D eigenvalue weighted by molar-refractivity contribution is -0.116. The first-order valence-electron chi connectivity index (χ1n) is 7.62. The fourth-order valence-electron chi connectivity index (χ4n) is 2.19. The number of aryl methyl sites for hydroxylation is 1. The van der Waals surface area contributed by atoms with E-state index in [1.807, 2.05) is 25.1 Å². The smallest absolute Gasteiger partial charge is 0.387 e. The Morgan fingerprint density at radius 1 is 1.20 bits per heavy atom.